The van der Waals surface area contributed by atoms with Gasteiger partial charge < -0.3 is 5.32 Å². The fourth-order valence-corrected chi connectivity index (χ4v) is 2.84. The second kappa shape index (κ2) is 7.14. The molecule has 0 spiro atoms. The first-order chi connectivity index (χ1) is 10.1. The second-order valence-corrected chi connectivity index (χ2v) is 6.16. The molecule has 0 aliphatic heterocycles. The quantitative estimate of drug-likeness (QED) is 0.756. The molecular weight excluding hydrogens is 288 g/mol. The molecule has 0 bridgehead atoms. The van der Waals surface area contributed by atoms with Crippen LogP contribution >= 0.6 is 0 Å². The average Bonchev–Trinajstić information content (AvgIpc) is 2.49. The third kappa shape index (κ3) is 4.51. The minimum Gasteiger partial charge on any atom is -0.317 e. The largest absolute Gasteiger partial charge is 0.317 e. The molecule has 7 heteroatoms. The standard InChI is InChI=1S/C14H18N4O2S/c1-2-15-8-7-12-3-5-14(6-4-12)21(19,20)18-13-9-16-11-17-10-13/h3-6,9-11,15,18H,2,7-8H2,1H3. The van der Waals surface area contributed by atoms with Crippen LogP contribution in [-0.2, 0) is 16.4 Å². The Hall–Kier alpha value is -1.99. The maximum absolute atomic E-state index is 12.2. The Labute approximate surface area is 124 Å². The van der Waals surface area contributed by atoms with Gasteiger partial charge in [-0.05, 0) is 37.2 Å². The molecule has 2 rings (SSSR count). The van der Waals surface area contributed by atoms with E-state index in [9.17, 15) is 8.42 Å². The van der Waals surface area contributed by atoms with E-state index in [1.54, 1.807) is 12.1 Å². The van der Waals surface area contributed by atoms with E-state index in [2.05, 4.69) is 26.9 Å². The van der Waals surface area contributed by atoms with Crippen LogP contribution in [0.2, 0.25) is 0 Å². The summed E-state index contributed by atoms with van der Waals surface area (Å²) in [7, 11) is -3.60. The number of anilines is 1. The van der Waals surface area contributed by atoms with Crippen molar-refractivity contribution in [3.63, 3.8) is 0 Å². The van der Waals surface area contributed by atoms with E-state index >= 15 is 0 Å². The predicted octanol–water partition coefficient (Wildman–Crippen LogP) is 1.43. The van der Waals surface area contributed by atoms with Crippen molar-refractivity contribution < 1.29 is 8.42 Å². The molecule has 0 saturated heterocycles. The van der Waals surface area contributed by atoms with Crippen molar-refractivity contribution in [2.24, 2.45) is 0 Å². The third-order valence-corrected chi connectivity index (χ3v) is 4.28. The van der Waals surface area contributed by atoms with Gasteiger partial charge in [0.2, 0.25) is 0 Å². The Kier molecular flexibility index (Phi) is 5.24. The molecule has 6 nitrogen and oxygen atoms in total. The first-order valence-corrected chi connectivity index (χ1v) is 8.17. The van der Waals surface area contributed by atoms with Gasteiger partial charge in [-0.2, -0.15) is 0 Å². The number of benzene rings is 1. The summed E-state index contributed by atoms with van der Waals surface area (Å²) in [4.78, 5) is 7.77. The Bertz CT molecular complexity index is 657. The van der Waals surface area contributed by atoms with Crippen LogP contribution < -0.4 is 10.0 Å². The summed E-state index contributed by atoms with van der Waals surface area (Å²) in [5.74, 6) is 0. The van der Waals surface area contributed by atoms with Gasteiger partial charge in [-0.25, -0.2) is 18.4 Å². The molecule has 2 aromatic rings. The normalized spacial score (nSPS) is 11.3. The lowest BCUT2D eigenvalue weighted by Gasteiger charge is -2.08. The summed E-state index contributed by atoms with van der Waals surface area (Å²) in [6, 6.07) is 6.86. The first kappa shape index (κ1) is 15.4. The van der Waals surface area contributed by atoms with Crippen LogP contribution in [-0.4, -0.2) is 31.5 Å². The van der Waals surface area contributed by atoms with Crippen LogP contribution in [0, 0.1) is 0 Å². The summed E-state index contributed by atoms with van der Waals surface area (Å²) >= 11 is 0. The van der Waals surface area contributed by atoms with E-state index in [1.165, 1.54) is 18.7 Å². The van der Waals surface area contributed by atoms with E-state index in [0.29, 0.717) is 5.69 Å². The topological polar surface area (TPSA) is 84.0 Å². The van der Waals surface area contributed by atoms with Crippen LogP contribution in [0.1, 0.15) is 12.5 Å². The van der Waals surface area contributed by atoms with Gasteiger partial charge in [0.25, 0.3) is 10.0 Å². The highest BCUT2D eigenvalue weighted by molar-refractivity contribution is 7.92. The van der Waals surface area contributed by atoms with Gasteiger partial charge in [0.1, 0.15) is 6.33 Å². The molecule has 0 amide bonds. The molecule has 0 radical (unpaired) electrons. The minimum atomic E-state index is -3.60. The lowest BCUT2D eigenvalue weighted by molar-refractivity contribution is 0.601. The molecule has 2 N–H and O–H groups in total. The Morgan fingerprint density at radius 1 is 1.10 bits per heavy atom. The predicted molar refractivity (Wildman–Crippen MR) is 81.5 cm³/mol. The van der Waals surface area contributed by atoms with Gasteiger partial charge in [-0.1, -0.05) is 19.1 Å². The second-order valence-electron chi connectivity index (χ2n) is 4.48. The maximum Gasteiger partial charge on any atom is 0.261 e. The van der Waals surface area contributed by atoms with Gasteiger partial charge in [0, 0.05) is 0 Å². The lowest BCUT2D eigenvalue weighted by Crippen LogP contribution is -2.16. The highest BCUT2D eigenvalue weighted by Gasteiger charge is 2.14. The van der Waals surface area contributed by atoms with Gasteiger partial charge >= 0.3 is 0 Å². The van der Waals surface area contributed by atoms with Crippen molar-refractivity contribution in [3.8, 4) is 0 Å². The van der Waals surface area contributed by atoms with Crippen LogP contribution in [0.5, 0.6) is 0 Å². The first-order valence-electron chi connectivity index (χ1n) is 6.69. The van der Waals surface area contributed by atoms with Crippen molar-refractivity contribution in [1.29, 1.82) is 0 Å². The van der Waals surface area contributed by atoms with E-state index in [-0.39, 0.29) is 4.90 Å². The molecule has 0 atom stereocenters. The van der Waals surface area contributed by atoms with Crippen molar-refractivity contribution in [3.05, 3.63) is 48.5 Å². The monoisotopic (exact) mass is 306 g/mol. The molecule has 0 fully saturated rings. The van der Waals surface area contributed by atoms with Crippen LogP contribution in [0.3, 0.4) is 0 Å². The summed E-state index contributed by atoms with van der Waals surface area (Å²) in [6.45, 7) is 3.85. The summed E-state index contributed by atoms with van der Waals surface area (Å²) in [6.07, 6.45) is 5.04. The lowest BCUT2D eigenvalue weighted by atomic mass is 10.1. The van der Waals surface area contributed by atoms with E-state index in [1.807, 2.05) is 12.1 Å². The highest BCUT2D eigenvalue weighted by atomic mass is 32.2. The van der Waals surface area contributed by atoms with Crippen molar-refractivity contribution >= 4 is 15.7 Å². The number of nitrogens with zero attached hydrogens (tertiary/aromatic N) is 2. The maximum atomic E-state index is 12.2. The van der Waals surface area contributed by atoms with E-state index in [0.717, 1.165) is 25.1 Å². The minimum absolute atomic E-state index is 0.221. The summed E-state index contributed by atoms with van der Waals surface area (Å²) in [5, 5.41) is 3.23. The van der Waals surface area contributed by atoms with Crippen molar-refractivity contribution in [2.75, 3.05) is 17.8 Å². The molecular formula is C14H18N4O2S. The van der Waals surface area contributed by atoms with Crippen LogP contribution in [0.25, 0.3) is 0 Å². The van der Waals surface area contributed by atoms with Gasteiger partial charge in [0.15, 0.2) is 0 Å². The molecule has 21 heavy (non-hydrogen) atoms. The molecule has 1 heterocycles. The molecule has 1 aromatic heterocycles. The fourth-order valence-electron chi connectivity index (χ4n) is 1.81. The Morgan fingerprint density at radius 2 is 1.76 bits per heavy atom. The van der Waals surface area contributed by atoms with Gasteiger partial charge in [-0.3, -0.25) is 4.72 Å². The zero-order valence-electron chi connectivity index (χ0n) is 11.8. The van der Waals surface area contributed by atoms with Crippen molar-refractivity contribution in [2.45, 2.75) is 18.2 Å². The summed E-state index contributed by atoms with van der Waals surface area (Å²) in [5.41, 5.74) is 1.44. The zero-order chi connectivity index (χ0) is 15.1. The number of sulfonamides is 1. The molecule has 1 aromatic carbocycles. The number of aromatic nitrogens is 2. The average molecular weight is 306 g/mol. The van der Waals surface area contributed by atoms with Crippen molar-refractivity contribution in [1.82, 2.24) is 15.3 Å². The number of hydrogen-bond donors (Lipinski definition) is 2. The number of rotatable bonds is 7. The third-order valence-electron chi connectivity index (χ3n) is 2.89. The number of nitrogens with one attached hydrogen (secondary N) is 2. The van der Waals surface area contributed by atoms with Gasteiger partial charge in [0.05, 0.1) is 23.0 Å². The van der Waals surface area contributed by atoms with E-state index < -0.39 is 10.0 Å². The van der Waals surface area contributed by atoms with Crippen LogP contribution in [0.15, 0.2) is 47.9 Å². The molecule has 0 saturated carbocycles. The fraction of sp³-hybridized carbons (Fsp3) is 0.286. The molecule has 112 valence electrons. The molecule has 0 unspecified atom stereocenters. The highest BCUT2D eigenvalue weighted by Crippen LogP contribution is 2.15. The number of hydrogen-bond acceptors (Lipinski definition) is 5. The van der Waals surface area contributed by atoms with Gasteiger partial charge in [-0.15, -0.1) is 0 Å². The van der Waals surface area contributed by atoms with E-state index in [4.69, 9.17) is 0 Å². The Balaban J connectivity index is 2.06. The smallest absolute Gasteiger partial charge is 0.261 e. The molecule has 0 aliphatic rings. The Morgan fingerprint density at radius 3 is 2.38 bits per heavy atom. The molecule has 0 aliphatic carbocycles. The zero-order valence-corrected chi connectivity index (χ0v) is 12.6. The summed E-state index contributed by atoms with van der Waals surface area (Å²) < 4.78 is 26.8. The van der Waals surface area contributed by atoms with Crippen LogP contribution in [0.4, 0.5) is 5.69 Å². The SMILES string of the molecule is CCNCCc1ccc(S(=O)(=O)Nc2cncnc2)cc1. The number of likely N-dealkylation sites (N-methyl/N-ethyl adjacent to an activating group) is 1.